The minimum atomic E-state index is -6.06. The molecule has 0 rings (SSSR count). The molecule has 0 radical (unpaired) electrons. The normalized spacial score (nSPS) is 9.25. The van der Waals surface area contributed by atoms with Gasteiger partial charge in [0.2, 0.25) is 0 Å². The monoisotopic (exact) mass is 352 g/mol. The summed E-state index contributed by atoms with van der Waals surface area (Å²) in [6, 6.07) is 0. The fourth-order valence-corrected chi connectivity index (χ4v) is 0. The van der Waals surface area contributed by atoms with E-state index < -0.39 is 15.7 Å². The van der Waals surface area contributed by atoms with Gasteiger partial charge in [0.25, 0.3) is 0 Å². The van der Waals surface area contributed by atoms with Crippen LogP contribution in [0, 0.1) is 0 Å². The van der Waals surface area contributed by atoms with Crippen molar-refractivity contribution in [1.82, 2.24) is 0 Å². The molecular weight excluding hydrogens is 348 g/mol. The fourth-order valence-electron chi connectivity index (χ4n) is 0. The van der Waals surface area contributed by atoms with Gasteiger partial charge in [-0.1, -0.05) is 0 Å². The van der Waals surface area contributed by atoms with E-state index in [2.05, 4.69) is 0 Å². The average Bonchev–Trinajstić information content (AvgIpc) is 0.722. The summed E-state index contributed by atoms with van der Waals surface area (Å²) in [5, 5.41) is 0. The maximum absolute atomic E-state index is 8.63. The molecule has 0 aromatic heterocycles. The molecular formula is H2K2O5Os. The molecule has 0 aromatic rings. The topological polar surface area (TPSA) is 112 Å². The van der Waals surface area contributed by atoms with Crippen molar-refractivity contribution in [3.8, 4) is 0 Å². The van der Waals surface area contributed by atoms with Gasteiger partial charge in [-0.3, -0.25) is 0 Å². The van der Waals surface area contributed by atoms with E-state index in [1.807, 2.05) is 0 Å². The summed E-state index contributed by atoms with van der Waals surface area (Å²) < 4.78 is 34.5. The Morgan fingerprint density at radius 3 is 1.00 bits per heavy atom. The van der Waals surface area contributed by atoms with Crippen molar-refractivity contribution in [2.24, 2.45) is 0 Å². The Bertz CT molecular complexity index is 93.6. The van der Waals surface area contributed by atoms with E-state index >= 15 is 0 Å². The van der Waals surface area contributed by atoms with E-state index in [0.29, 0.717) is 0 Å². The van der Waals surface area contributed by atoms with Crippen molar-refractivity contribution < 1.29 is 139 Å². The molecule has 2 N–H and O–H groups in total. The molecule has 0 fully saturated rings. The standard InChI is InChI=1S/2K.H2O.4O.Os/h;;1H2;;;;;/q2*+1;;;;2*-1;. The zero-order valence-electron chi connectivity index (χ0n) is 4.49. The van der Waals surface area contributed by atoms with Crippen LogP contribution in [-0.2, 0) is 22.7 Å². The molecule has 0 saturated carbocycles. The Kier molecular flexibility index (Phi) is 29.2. The Morgan fingerprint density at radius 2 is 1.00 bits per heavy atom. The quantitative estimate of drug-likeness (QED) is 0.404. The van der Waals surface area contributed by atoms with E-state index in [1.165, 1.54) is 0 Å². The van der Waals surface area contributed by atoms with Crippen molar-refractivity contribution in [3.05, 3.63) is 0 Å². The van der Waals surface area contributed by atoms with Gasteiger partial charge in [0.1, 0.15) is 0 Å². The summed E-state index contributed by atoms with van der Waals surface area (Å²) in [7, 11) is 0. The van der Waals surface area contributed by atoms with Crippen molar-refractivity contribution in [3.63, 3.8) is 0 Å². The second-order valence-electron chi connectivity index (χ2n) is 0.354. The second-order valence-corrected chi connectivity index (χ2v) is 2.89. The summed E-state index contributed by atoms with van der Waals surface area (Å²) >= 11 is -6.06. The molecule has 0 spiro atoms. The van der Waals surface area contributed by atoms with Gasteiger partial charge in [0.15, 0.2) is 0 Å². The zero-order chi connectivity index (χ0) is 4.50. The molecule has 42 valence electrons. The van der Waals surface area contributed by atoms with Gasteiger partial charge in [0.05, 0.1) is 0 Å². The Labute approximate surface area is 135 Å². The molecule has 0 saturated heterocycles. The van der Waals surface area contributed by atoms with Crippen LogP contribution >= 0.6 is 0 Å². The first-order valence-electron chi connectivity index (χ1n) is 0.577. The van der Waals surface area contributed by atoms with E-state index in [0.717, 1.165) is 0 Å². The number of hydrogen-bond acceptors (Lipinski definition) is 4. The van der Waals surface area contributed by atoms with Crippen molar-refractivity contribution in [2.45, 2.75) is 0 Å². The molecule has 0 atom stereocenters. The molecule has 5 nitrogen and oxygen atoms in total. The third-order valence-corrected chi connectivity index (χ3v) is 0. The third kappa shape index (κ3) is 57.5. The van der Waals surface area contributed by atoms with Crippen LogP contribution in [0.15, 0.2) is 0 Å². The first-order chi connectivity index (χ1) is 2.00. The van der Waals surface area contributed by atoms with Crippen LogP contribution in [0.4, 0.5) is 0 Å². The predicted octanol–water partition coefficient (Wildman–Crippen LogP) is -9.43. The van der Waals surface area contributed by atoms with Crippen molar-refractivity contribution in [1.29, 1.82) is 0 Å². The summed E-state index contributed by atoms with van der Waals surface area (Å²) in [6.07, 6.45) is 0. The molecule has 0 bridgehead atoms. The Morgan fingerprint density at radius 1 is 1.00 bits per heavy atom. The van der Waals surface area contributed by atoms with Crippen molar-refractivity contribution >= 4 is 0 Å². The first-order valence-corrected chi connectivity index (χ1v) is 4.73. The van der Waals surface area contributed by atoms with Gasteiger partial charge < -0.3 is 5.48 Å². The Balaban J connectivity index is -0.0000000267. The summed E-state index contributed by atoms with van der Waals surface area (Å²) in [5.74, 6) is 0. The Hall–Kier alpha value is 3.39. The molecule has 0 aliphatic carbocycles. The average molecular weight is 350 g/mol. The minimum absolute atomic E-state index is 0. The van der Waals surface area contributed by atoms with Crippen LogP contribution in [0.1, 0.15) is 0 Å². The summed E-state index contributed by atoms with van der Waals surface area (Å²) in [6.45, 7) is 0. The van der Waals surface area contributed by atoms with E-state index in [4.69, 9.17) is 14.9 Å². The molecule has 0 heterocycles. The van der Waals surface area contributed by atoms with E-state index in [-0.39, 0.29) is 108 Å². The second kappa shape index (κ2) is 10.4. The molecule has 0 aromatic carbocycles. The molecule has 0 unspecified atom stereocenters. The third-order valence-electron chi connectivity index (χ3n) is 0. The molecule has 0 aliphatic rings. The summed E-state index contributed by atoms with van der Waals surface area (Å²) in [5.41, 5.74) is 0. The van der Waals surface area contributed by atoms with Gasteiger partial charge in [-0.25, -0.2) is 0 Å². The van der Waals surface area contributed by atoms with Crippen LogP contribution < -0.4 is 111 Å². The number of rotatable bonds is 0. The van der Waals surface area contributed by atoms with Crippen LogP contribution in [0.2, 0.25) is 0 Å². The molecule has 8 heavy (non-hydrogen) atoms. The summed E-state index contributed by atoms with van der Waals surface area (Å²) in [4.78, 5) is 0. The molecule has 0 amide bonds. The van der Waals surface area contributed by atoms with Gasteiger partial charge in [-0.15, -0.1) is 0 Å². The zero-order valence-corrected chi connectivity index (χ0v) is 13.3. The SMILES string of the molecule is O.[K+].[K+].[O]=[Os](=[O])([O-])[O-]. The van der Waals surface area contributed by atoms with E-state index in [9.17, 15) is 0 Å². The van der Waals surface area contributed by atoms with Crippen LogP contribution in [0.25, 0.3) is 0 Å². The van der Waals surface area contributed by atoms with Gasteiger partial charge in [0, 0.05) is 0 Å². The first kappa shape index (κ1) is 22.5. The van der Waals surface area contributed by atoms with Gasteiger partial charge >= 0.3 is 133 Å². The van der Waals surface area contributed by atoms with Crippen molar-refractivity contribution in [2.75, 3.05) is 0 Å². The van der Waals surface area contributed by atoms with Crippen LogP contribution in [0.3, 0.4) is 0 Å². The predicted molar refractivity (Wildman–Crippen MR) is 4.99 cm³/mol. The maximum atomic E-state index is 8.63. The molecule has 8 heteroatoms. The molecule has 0 aliphatic heterocycles. The van der Waals surface area contributed by atoms with Gasteiger partial charge in [-0.2, -0.15) is 0 Å². The van der Waals surface area contributed by atoms with E-state index in [1.54, 1.807) is 0 Å². The van der Waals surface area contributed by atoms with Gasteiger partial charge in [-0.05, 0) is 0 Å². The number of hydrogen-bond donors (Lipinski definition) is 0. The fraction of sp³-hybridized carbons (Fsp3) is 0. The van der Waals surface area contributed by atoms with Crippen LogP contribution in [0.5, 0.6) is 0 Å². The van der Waals surface area contributed by atoms with Crippen LogP contribution in [-0.4, -0.2) is 5.48 Å².